The van der Waals surface area contributed by atoms with Gasteiger partial charge in [-0.3, -0.25) is 0 Å². The topological polar surface area (TPSA) is 24.9 Å². The first-order valence-corrected chi connectivity index (χ1v) is 6.40. The molecule has 0 unspecified atom stereocenters. The summed E-state index contributed by atoms with van der Waals surface area (Å²) >= 11 is 1.81. The van der Waals surface area contributed by atoms with Crippen LogP contribution in [0.3, 0.4) is 0 Å². The predicted molar refractivity (Wildman–Crippen MR) is 70.0 cm³/mol. The van der Waals surface area contributed by atoms with Crippen molar-refractivity contribution < 1.29 is 0 Å². The van der Waals surface area contributed by atoms with E-state index in [0.717, 1.165) is 18.8 Å². The van der Waals surface area contributed by atoms with E-state index < -0.39 is 0 Å². The fourth-order valence-corrected chi connectivity index (χ4v) is 2.59. The fourth-order valence-electron chi connectivity index (χ4n) is 1.67. The molecule has 0 bridgehead atoms. The summed E-state index contributed by atoms with van der Waals surface area (Å²) in [6.07, 6.45) is 2.92. The van der Waals surface area contributed by atoms with Crippen molar-refractivity contribution in [2.45, 2.75) is 26.8 Å². The lowest BCUT2D eigenvalue weighted by molar-refractivity contribution is 1.06. The van der Waals surface area contributed by atoms with Crippen LogP contribution in [0.25, 0.3) is 0 Å². The minimum absolute atomic E-state index is 0.874. The number of nitrogens with zero attached hydrogens (tertiary/aromatic N) is 1. The third kappa shape index (κ3) is 2.42. The number of thiophene rings is 1. The van der Waals surface area contributed by atoms with Crippen molar-refractivity contribution in [3.8, 4) is 0 Å². The maximum Gasteiger partial charge on any atom is 0.129 e. The Labute approximate surface area is 100 Å². The lowest BCUT2D eigenvalue weighted by Gasteiger charge is -2.07. The number of anilines is 1. The van der Waals surface area contributed by atoms with Crippen LogP contribution in [0.2, 0.25) is 0 Å². The van der Waals surface area contributed by atoms with Crippen molar-refractivity contribution >= 4 is 17.2 Å². The van der Waals surface area contributed by atoms with E-state index in [9.17, 15) is 0 Å². The molecule has 0 saturated heterocycles. The highest BCUT2D eigenvalue weighted by Gasteiger charge is 2.03. The van der Waals surface area contributed by atoms with Gasteiger partial charge >= 0.3 is 0 Å². The van der Waals surface area contributed by atoms with Crippen molar-refractivity contribution in [3.63, 3.8) is 0 Å². The van der Waals surface area contributed by atoms with E-state index in [0.29, 0.717) is 0 Å². The molecule has 0 fully saturated rings. The second-order valence-corrected chi connectivity index (χ2v) is 4.75. The van der Waals surface area contributed by atoms with Crippen LogP contribution in [0.4, 0.5) is 5.82 Å². The molecule has 0 saturated carbocycles. The Hall–Kier alpha value is -1.35. The molecule has 0 aromatic carbocycles. The predicted octanol–water partition coefficient (Wildman–Crippen LogP) is 3.63. The molecule has 3 heteroatoms. The first-order chi connectivity index (χ1) is 7.81. The average Bonchev–Trinajstić information content (AvgIpc) is 2.75. The molecule has 2 heterocycles. The van der Waals surface area contributed by atoms with E-state index in [2.05, 4.69) is 41.7 Å². The molecule has 84 valence electrons. The Kier molecular flexibility index (Phi) is 3.57. The monoisotopic (exact) mass is 232 g/mol. The number of aryl methyl sites for hydroxylation is 2. The summed E-state index contributed by atoms with van der Waals surface area (Å²) in [7, 11) is 0. The quantitative estimate of drug-likeness (QED) is 0.870. The van der Waals surface area contributed by atoms with Crippen molar-refractivity contribution in [2.24, 2.45) is 0 Å². The Morgan fingerprint density at radius 1 is 1.38 bits per heavy atom. The van der Waals surface area contributed by atoms with Gasteiger partial charge in [0.1, 0.15) is 5.82 Å². The van der Waals surface area contributed by atoms with E-state index >= 15 is 0 Å². The van der Waals surface area contributed by atoms with Crippen molar-refractivity contribution in [1.29, 1.82) is 0 Å². The number of rotatable bonds is 4. The van der Waals surface area contributed by atoms with E-state index in [1.165, 1.54) is 16.0 Å². The van der Waals surface area contributed by atoms with Gasteiger partial charge in [-0.15, -0.1) is 11.3 Å². The summed E-state index contributed by atoms with van der Waals surface area (Å²) in [5.74, 6) is 0.984. The lowest BCUT2D eigenvalue weighted by Crippen LogP contribution is -2.02. The fraction of sp³-hybridized carbons (Fsp3) is 0.308. The summed E-state index contributed by atoms with van der Waals surface area (Å²) in [6, 6.07) is 6.24. The standard InChI is InChI=1S/C13H16N2S/c1-3-11-6-8-16-12(11)9-15-13-10(2)5-4-7-14-13/h4-8H,3,9H2,1-2H3,(H,14,15). The van der Waals surface area contributed by atoms with Gasteiger partial charge in [0.05, 0.1) is 6.54 Å². The van der Waals surface area contributed by atoms with Gasteiger partial charge < -0.3 is 5.32 Å². The molecule has 2 nitrogen and oxygen atoms in total. The zero-order chi connectivity index (χ0) is 11.4. The Balaban J connectivity index is 2.05. The van der Waals surface area contributed by atoms with E-state index in [1.54, 1.807) is 0 Å². The third-order valence-corrected chi connectivity index (χ3v) is 3.61. The highest BCUT2D eigenvalue weighted by atomic mass is 32.1. The molecule has 0 aliphatic carbocycles. The summed E-state index contributed by atoms with van der Waals surface area (Å²) in [6.45, 7) is 5.14. The molecule has 0 radical (unpaired) electrons. The normalized spacial score (nSPS) is 10.4. The van der Waals surface area contributed by atoms with Gasteiger partial charge in [0.25, 0.3) is 0 Å². The molecular weight excluding hydrogens is 216 g/mol. The van der Waals surface area contributed by atoms with Crippen LogP contribution < -0.4 is 5.32 Å². The number of nitrogens with one attached hydrogen (secondary N) is 1. The average molecular weight is 232 g/mol. The van der Waals surface area contributed by atoms with Crippen LogP contribution in [0.15, 0.2) is 29.8 Å². The van der Waals surface area contributed by atoms with E-state index in [4.69, 9.17) is 0 Å². The Morgan fingerprint density at radius 3 is 3.00 bits per heavy atom. The molecule has 0 spiro atoms. The maximum atomic E-state index is 4.33. The van der Waals surface area contributed by atoms with Crippen LogP contribution in [-0.4, -0.2) is 4.98 Å². The Morgan fingerprint density at radius 2 is 2.25 bits per heavy atom. The first-order valence-electron chi connectivity index (χ1n) is 5.52. The van der Waals surface area contributed by atoms with Crippen LogP contribution in [-0.2, 0) is 13.0 Å². The van der Waals surface area contributed by atoms with E-state index in [-0.39, 0.29) is 0 Å². The van der Waals surface area contributed by atoms with Gasteiger partial charge in [-0.2, -0.15) is 0 Å². The smallest absolute Gasteiger partial charge is 0.129 e. The largest absolute Gasteiger partial charge is 0.365 e. The van der Waals surface area contributed by atoms with Gasteiger partial charge in [0.15, 0.2) is 0 Å². The van der Waals surface area contributed by atoms with Gasteiger partial charge in [-0.25, -0.2) is 4.98 Å². The summed E-state index contributed by atoms with van der Waals surface area (Å²) in [5, 5.41) is 5.54. The molecule has 1 N–H and O–H groups in total. The zero-order valence-electron chi connectivity index (χ0n) is 9.66. The summed E-state index contributed by atoms with van der Waals surface area (Å²) < 4.78 is 0. The van der Waals surface area contributed by atoms with Crippen molar-refractivity contribution in [1.82, 2.24) is 4.98 Å². The SMILES string of the molecule is CCc1ccsc1CNc1ncccc1C. The molecule has 0 aliphatic rings. The van der Waals surface area contributed by atoms with Crippen LogP contribution >= 0.6 is 11.3 Å². The van der Waals surface area contributed by atoms with Crippen LogP contribution in [0.5, 0.6) is 0 Å². The number of pyridine rings is 1. The lowest BCUT2D eigenvalue weighted by atomic mass is 10.2. The molecule has 2 aromatic rings. The Bertz CT molecular complexity index is 462. The van der Waals surface area contributed by atoms with Gasteiger partial charge in [-0.1, -0.05) is 13.0 Å². The van der Waals surface area contributed by atoms with Gasteiger partial charge in [-0.05, 0) is 42.0 Å². The van der Waals surface area contributed by atoms with Crippen LogP contribution in [0.1, 0.15) is 22.9 Å². The third-order valence-electron chi connectivity index (χ3n) is 2.64. The summed E-state index contributed by atoms with van der Waals surface area (Å²) in [5.41, 5.74) is 2.63. The number of hydrogen-bond donors (Lipinski definition) is 1. The second kappa shape index (κ2) is 5.12. The summed E-state index contributed by atoms with van der Waals surface area (Å²) in [4.78, 5) is 5.74. The van der Waals surface area contributed by atoms with Crippen LogP contribution in [0, 0.1) is 6.92 Å². The van der Waals surface area contributed by atoms with Gasteiger partial charge in [0.2, 0.25) is 0 Å². The van der Waals surface area contributed by atoms with Gasteiger partial charge in [0, 0.05) is 11.1 Å². The molecular formula is C13H16N2S. The van der Waals surface area contributed by atoms with Crippen molar-refractivity contribution in [2.75, 3.05) is 5.32 Å². The van der Waals surface area contributed by atoms with E-state index in [1.807, 2.05) is 23.6 Å². The zero-order valence-corrected chi connectivity index (χ0v) is 10.5. The molecule has 16 heavy (non-hydrogen) atoms. The maximum absolute atomic E-state index is 4.33. The number of hydrogen-bond acceptors (Lipinski definition) is 3. The first kappa shape index (κ1) is 11.1. The molecule has 2 aromatic heterocycles. The second-order valence-electron chi connectivity index (χ2n) is 3.75. The minimum atomic E-state index is 0.874. The molecule has 0 amide bonds. The highest BCUT2D eigenvalue weighted by Crippen LogP contribution is 2.19. The van der Waals surface area contributed by atoms with Crippen molar-refractivity contribution in [3.05, 3.63) is 45.8 Å². The molecule has 0 atom stereocenters. The highest BCUT2D eigenvalue weighted by molar-refractivity contribution is 7.10. The number of aromatic nitrogens is 1. The minimum Gasteiger partial charge on any atom is -0.365 e. The molecule has 2 rings (SSSR count). The molecule has 0 aliphatic heterocycles.